The van der Waals surface area contributed by atoms with Crippen molar-refractivity contribution in [2.75, 3.05) is 11.1 Å². The Morgan fingerprint density at radius 3 is 2.63 bits per heavy atom. The molecule has 0 saturated heterocycles. The van der Waals surface area contributed by atoms with Crippen LogP contribution in [-0.2, 0) is 7.05 Å². The molecule has 0 atom stereocenters. The molecule has 2 rings (SSSR count). The Hall–Kier alpha value is -2.01. The Labute approximate surface area is 116 Å². The highest BCUT2D eigenvalue weighted by Gasteiger charge is 2.15. The van der Waals surface area contributed by atoms with Crippen LogP contribution in [0.3, 0.4) is 0 Å². The molecule has 0 aliphatic rings. The van der Waals surface area contributed by atoms with E-state index >= 15 is 0 Å². The summed E-state index contributed by atoms with van der Waals surface area (Å²) in [6.07, 6.45) is 0. The van der Waals surface area contributed by atoms with E-state index in [-0.39, 0.29) is 5.91 Å². The molecule has 0 spiro atoms. The van der Waals surface area contributed by atoms with Crippen LogP contribution in [0.1, 0.15) is 21.6 Å². The van der Waals surface area contributed by atoms with Crippen LogP contribution in [0.5, 0.6) is 0 Å². The third-order valence-electron chi connectivity index (χ3n) is 2.93. The van der Waals surface area contributed by atoms with E-state index in [2.05, 4.69) is 10.4 Å². The maximum Gasteiger partial charge on any atom is 0.257 e. The molecule has 3 N–H and O–H groups in total. The number of halogens is 1. The number of nitrogens with zero attached hydrogens (tertiary/aromatic N) is 2. The Bertz CT molecular complexity index is 648. The molecule has 0 bridgehead atoms. The number of nitrogens with one attached hydrogen (secondary N) is 1. The van der Waals surface area contributed by atoms with E-state index in [0.717, 1.165) is 5.56 Å². The molecule has 5 nitrogen and oxygen atoms in total. The number of carbonyl (C=O) groups is 1. The molecular weight excluding hydrogens is 264 g/mol. The molecule has 0 saturated carbocycles. The zero-order valence-electron chi connectivity index (χ0n) is 11.0. The molecule has 100 valence electrons. The number of nitrogens with two attached hydrogens (primary N) is 1. The van der Waals surface area contributed by atoms with Crippen molar-refractivity contribution in [1.82, 2.24) is 9.78 Å². The minimum atomic E-state index is -0.233. The third-order valence-corrected chi connectivity index (χ3v) is 3.17. The van der Waals surface area contributed by atoms with E-state index in [4.69, 9.17) is 17.3 Å². The lowest BCUT2D eigenvalue weighted by atomic mass is 10.1. The van der Waals surface area contributed by atoms with Gasteiger partial charge in [0.1, 0.15) is 0 Å². The van der Waals surface area contributed by atoms with Gasteiger partial charge < -0.3 is 11.1 Å². The Balaban J connectivity index is 2.31. The van der Waals surface area contributed by atoms with Crippen molar-refractivity contribution in [1.29, 1.82) is 0 Å². The number of carbonyl (C=O) groups excluding carboxylic acids is 1. The molecule has 1 aromatic heterocycles. The summed E-state index contributed by atoms with van der Waals surface area (Å²) in [4.78, 5) is 12.2. The number of anilines is 2. The smallest absolute Gasteiger partial charge is 0.257 e. The number of rotatable bonds is 2. The summed E-state index contributed by atoms with van der Waals surface area (Å²) in [5.74, 6) is 0.265. The van der Waals surface area contributed by atoms with Gasteiger partial charge in [0.05, 0.1) is 11.4 Å². The van der Waals surface area contributed by atoms with Gasteiger partial charge in [-0.05, 0) is 37.6 Å². The first-order chi connectivity index (χ1) is 8.90. The highest BCUT2D eigenvalue weighted by Crippen LogP contribution is 2.22. The summed E-state index contributed by atoms with van der Waals surface area (Å²) in [7, 11) is 1.73. The topological polar surface area (TPSA) is 72.9 Å². The summed E-state index contributed by atoms with van der Waals surface area (Å²) >= 11 is 5.87. The SMILES string of the molecule is Cc1cc(Cl)ccc1C(=O)Nc1c(N)c(C)nn1C. The number of hydrogen-bond donors (Lipinski definition) is 2. The highest BCUT2D eigenvalue weighted by atomic mass is 35.5. The van der Waals surface area contributed by atoms with Gasteiger partial charge in [-0.25, -0.2) is 0 Å². The van der Waals surface area contributed by atoms with E-state index in [9.17, 15) is 4.79 Å². The second-order valence-corrected chi connectivity index (χ2v) is 4.82. The van der Waals surface area contributed by atoms with Gasteiger partial charge in [-0.15, -0.1) is 0 Å². The van der Waals surface area contributed by atoms with Gasteiger partial charge >= 0.3 is 0 Å². The van der Waals surface area contributed by atoms with Crippen molar-refractivity contribution in [2.45, 2.75) is 13.8 Å². The Morgan fingerprint density at radius 1 is 1.42 bits per heavy atom. The fourth-order valence-electron chi connectivity index (χ4n) is 1.88. The van der Waals surface area contributed by atoms with Crippen LogP contribution < -0.4 is 11.1 Å². The van der Waals surface area contributed by atoms with Gasteiger partial charge in [0.2, 0.25) is 0 Å². The van der Waals surface area contributed by atoms with E-state index in [1.807, 2.05) is 6.92 Å². The largest absolute Gasteiger partial charge is 0.394 e. The van der Waals surface area contributed by atoms with Gasteiger partial charge in [0.25, 0.3) is 5.91 Å². The molecular formula is C13H15ClN4O. The number of benzene rings is 1. The quantitative estimate of drug-likeness (QED) is 0.886. The number of aromatic nitrogens is 2. The lowest BCUT2D eigenvalue weighted by Crippen LogP contribution is -2.16. The fourth-order valence-corrected chi connectivity index (χ4v) is 2.11. The van der Waals surface area contributed by atoms with E-state index in [1.165, 1.54) is 0 Å². The van der Waals surface area contributed by atoms with Crippen molar-refractivity contribution in [3.63, 3.8) is 0 Å². The van der Waals surface area contributed by atoms with Gasteiger partial charge in [0.15, 0.2) is 5.82 Å². The lowest BCUT2D eigenvalue weighted by Gasteiger charge is -2.09. The van der Waals surface area contributed by atoms with Crippen LogP contribution in [0, 0.1) is 13.8 Å². The van der Waals surface area contributed by atoms with Gasteiger partial charge in [-0.3, -0.25) is 9.48 Å². The predicted molar refractivity (Wildman–Crippen MR) is 76.5 cm³/mol. The standard InChI is InChI=1S/C13H15ClN4O/c1-7-6-9(14)4-5-10(7)13(19)16-12-11(15)8(2)17-18(12)3/h4-6H,15H2,1-3H3,(H,16,19). The first kappa shape index (κ1) is 13.4. The zero-order valence-corrected chi connectivity index (χ0v) is 11.7. The average molecular weight is 279 g/mol. The molecule has 0 radical (unpaired) electrons. The van der Waals surface area contributed by atoms with Crippen LogP contribution in [0.25, 0.3) is 0 Å². The van der Waals surface area contributed by atoms with Crippen molar-refractivity contribution in [3.05, 3.63) is 40.0 Å². The third kappa shape index (κ3) is 2.56. The number of amides is 1. The van der Waals surface area contributed by atoms with E-state index < -0.39 is 0 Å². The van der Waals surface area contributed by atoms with Crippen LogP contribution in [0.15, 0.2) is 18.2 Å². The zero-order chi connectivity index (χ0) is 14.2. The summed E-state index contributed by atoms with van der Waals surface area (Å²) in [5.41, 5.74) is 8.40. The van der Waals surface area contributed by atoms with Crippen LogP contribution >= 0.6 is 11.6 Å². The van der Waals surface area contributed by atoms with Crippen molar-refractivity contribution >= 4 is 29.0 Å². The monoisotopic (exact) mass is 278 g/mol. The van der Waals surface area contributed by atoms with Gasteiger partial charge in [-0.1, -0.05) is 11.6 Å². The fraction of sp³-hybridized carbons (Fsp3) is 0.231. The molecule has 6 heteroatoms. The Kier molecular flexibility index (Phi) is 3.48. The van der Waals surface area contributed by atoms with Crippen LogP contribution in [0.2, 0.25) is 5.02 Å². The van der Waals surface area contributed by atoms with Crippen LogP contribution in [-0.4, -0.2) is 15.7 Å². The molecule has 0 fully saturated rings. The molecule has 1 aromatic carbocycles. The second-order valence-electron chi connectivity index (χ2n) is 4.38. The number of hydrogen-bond acceptors (Lipinski definition) is 3. The first-order valence-corrected chi connectivity index (χ1v) is 6.14. The summed E-state index contributed by atoms with van der Waals surface area (Å²) < 4.78 is 1.55. The summed E-state index contributed by atoms with van der Waals surface area (Å²) in [6, 6.07) is 5.11. The molecule has 0 aliphatic carbocycles. The second kappa shape index (κ2) is 4.93. The number of nitrogen functional groups attached to an aromatic ring is 1. The molecule has 0 aliphatic heterocycles. The van der Waals surface area contributed by atoms with Gasteiger partial charge in [-0.2, -0.15) is 5.10 Å². The highest BCUT2D eigenvalue weighted by molar-refractivity contribution is 6.30. The minimum Gasteiger partial charge on any atom is -0.394 e. The molecule has 0 unspecified atom stereocenters. The molecule has 19 heavy (non-hydrogen) atoms. The van der Waals surface area contributed by atoms with Crippen molar-refractivity contribution in [3.8, 4) is 0 Å². The van der Waals surface area contributed by atoms with E-state index in [0.29, 0.717) is 27.8 Å². The van der Waals surface area contributed by atoms with Crippen molar-refractivity contribution in [2.24, 2.45) is 7.05 Å². The summed E-state index contributed by atoms with van der Waals surface area (Å²) in [5, 5.41) is 7.52. The first-order valence-electron chi connectivity index (χ1n) is 5.76. The molecule has 1 amide bonds. The van der Waals surface area contributed by atoms with Crippen molar-refractivity contribution < 1.29 is 4.79 Å². The summed E-state index contributed by atoms with van der Waals surface area (Å²) in [6.45, 7) is 3.62. The maximum atomic E-state index is 12.2. The van der Waals surface area contributed by atoms with Gasteiger partial charge in [0, 0.05) is 17.6 Å². The molecule has 2 aromatic rings. The minimum absolute atomic E-state index is 0.233. The lowest BCUT2D eigenvalue weighted by molar-refractivity contribution is 0.102. The average Bonchev–Trinajstić information content (AvgIpc) is 2.56. The number of aryl methyl sites for hydroxylation is 3. The van der Waals surface area contributed by atoms with Crippen LogP contribution in [0.4, 0.5) is 11.5 Å². The normalized spacial score (nSPS) is 10.5. The molecule has 1 heterocycles. The predicted octanol–water partition coefficient (Wildman–Crippen LogP) is 2.52. The maximum absolute atomic E-state index is 12.2. The van der Waals surface area contributed by atoms with E-state index in [1.54, 1.807) is 36.9 Å². The Morgan fingerprint density at radius 2 is 2.11 bits per heavy atom.